The first kappa shape index (κ1) is 41.1. The molecule has 5 heterocycles. The second kappa shape index (κ2) is 17.6. The van der Waals surface area contributed by atoms with Crippen molar-refractivity contribution in [1.29, 1.82) is 0 Å². The molecule has 0 aliphatic carbocycles. The van der Waals surface area contributed by atoms with Crippen molar-refractivity contribution >= 4 is 69.2 Å². The zero-order valence-electron chi connectivity index (χ0n) is 30.9. The lowest BCUT2D eigenvalue weighted by Gasteiger charge is -2.49. The summed E-state index contributed by atoms with van der Waals surface area (Å²) in [5.41, 5.74) is 2.12. The lowest BCUT2D eigenvalue weighted by Crippen LogP contribution is -3.00. The predicted octanol–water partition coefficient (Wildman–Crippen LogP) is 0.393. The molecule has 0 saturated carbocycles. The average Bonchev–Trinajstić information content (AvgIpc) is 3.79. The van der Waals surface area contributed by atoms with E-state index in [1.54, 1.807) is 65.4 Å². The number of anilines is 1. The topological polar surface area (TPSA) is 192 Å². The number of oxime groups is 1. The molecule has 6 rings (SSSR count). The fourth-order valence-electron chi connectivity index (χ4n) is 5.68. The average molecular weight is 859 g/mol. The molecular weight excluding hydrogens is 818 g/mol. The van der Waals surface area contributed by atoms with Crippen molar-refractivity contribution in [3.63, 3.8) is 0 Å². The first-order chi connectivity index (χ1) is 25.9. The number of nitrogens with one attached hydrogen (secondary N) is 2. The Labute approximate surface area is 335 Å². The molecule has 1 saturated heterocycles. The zero-order chi connectivity index (χ0) is 38.6. The summed E-state index contributed by atoms with van der Waals surface area (Å²) in [5.74, 6) is -1.07. The molecule has 1 aromatic carbocycles. The van der Waals surface area contributed by atoms with E-state index < -0.39 is 40.9 Å². The molecule has 2 aliphatic rings. The number of hydrogen-bond acceptors (Lipinski definition) is 14. The number of aryl methyl sites for hydroxylation is 1. The largest absolute Gasteiger partial charge is 1.00 e. The molecule has 3 amide bonds. The van der Waals surface area contributed by atoms with Crippen LogP contribution in [-0.4, -0.2) is 89.9 Å². The maximum atomic E-state index is 13.9. The Kier molecular flexibility index (Phi) is 13.1. The van der Waals surface area contributed by atoms with Crippen molar-refractivity contribution in [1.82, 2.24) is 29.1 Å². The van der Waals surface area contributed by atoms with Crippen molar-refractivity contribution in [3.8, 4) is 5.75 Å². The van der Waals surface area contributed by atoms with Gasteiger partial charge in [0.15, 0.2) is 0 Å². The Morgan fingerprint density at radius 1 is 1.13 bits per heavy atom. The second-order valence-corrected chi connectivity index (χ2v) is 14.9. The van der Waals surface area contributed by atoms with Gasteiger partial charge in [0.05, 0.1) is 13.3 Å². The summed E-state index contributed by atoms with van der Waals surface area (Å²) in [5, 5.41) is 8.56. The maximum absolute atomic E-state index is 13.9. The van der Waals surface area contributed by atoms with Gasteiger partial charge in [-0.15, -0.1) is 11.8 Å². The molecular formula is C35H40BrN9O8S2. The molecule has 0 radical (unpaired) electrons. The van der Waals surface area contributed by atoms with Crippen LogP contribution in [0.5, 0.6) is 5.75 Å². The molecule has 3 aromatic heterocycles. The number of rotatable bonds is 13. The van der Waals surface area contributed by atoms with Crippen molar-refractivity contribution in [2.75, 3.05) is 24.8 Å². The van der Waals surface area contributed by atoms with Gasteiger partial charge in [0, 0.05) is 29.4 Å². The minimum absolute atomic E-state index is 0. The number of ether oxygens (including phenoxy) is 3. The van der Waals surface area contributed by atoms with E-state index in [0.29, 0.717) is 17.1 Å². The Bertz CT molecular complexity index is 2130. The van der Waals surface area contributed by atoms with Crippen LogP contribution < -0.4 is 36.9 Å². The first-order valence-electron chi connectivity index (χ1n) is 17.1. The number of benzene rings is 1. The zero-order valence-corrected chi connectivity index (χ0v) is 34.1. The standard InChI is InChI=1S/C35H39N9O8S2.BrH/c1-7-42-19-36-28-23(42)10-9-15-43(28)16-21-18-53-31-25(30(46)44(31)26(21)32(47)50-17-20-11-13-22(49-6)14-12-20)37-29(45)24(40-51-8-2)27-38-33(54-41-27)39-34(48)52-35(3,4)5;/h9-15,19,25,31H,7-8,16-18H2,1-6H3,(H-,37,38,39,41,45,48);1H/b40-24-;. The number of methoxy groups -OCH3 is 1. The molecule has 20 heteroatoms. The molecule has 55 heavy (non-hydrogen) atoms. The van der Waals surface area contributed by atoms with Gasteiger partial charge in [-0.05, 0) is 69.4 Å². The second-order valence-electron chi connectivity index (χ2n) is 13.0. The number of aromatic nitrogens is 5. The number of carbonyl (C=O) groups excluding carboxylic acids is 4. The number of pyridine rings is 1. The monoisotopic (exact) mass is 857 g/mol. The highest BCUT2D eigenvalue weighted by molar-refractivity contribution is 8.00. The number of thioether (sulfide) groups is 1. The molecule has 2 atom stereocenters. The molecule has 1 fully saturated rings. The number of imidazole rings is 1. The summed E-state index contributed by atoms with van der Waals surface area (Å²) in [7, 11) is 1.57. The third kappa shape index (κ3) is 9.25. The van der Waals surface area contributed by atoms with E-state index in [1.165, 1.54) is 16.7 Å². The van der Waals surface area contributed by atoms with Crippen LogP contribution in [0.15, 0.2) is 65.3 Å². The Hall–Kier alpha value is -5.08. The van der Waals surface area contributed by atoms with Gasteiger partial charge >= 0.3 is 17.7 Å². The minimum atomic E-state index is -1.02. The summed E-state index contributed by atoms with van der Waals surface area (Å²) < 4.78 is 24.4. The molecule has 0 spiro atoms. The summed E-state index contributed by atoms with van der Waals surface area (Å²) in [6, 6.07) is 9.97. The van der Waals surface area contributed by atoms with Crippen molar-refractivity contribution in [3.05, 3.63) is 71.6 Å². The Morgan fingerprint density at radius 2 is 1.89 bits per heavy atom. The molecule has 2 N–H and O–H groups in total. The van der Waals surface area contributed by atoms with Crippen molar-refractivity contribution < 1.29 is 59.8 Å². The highest BCUT2D eigenvalue weighted by Crippen LogP contribution is 2.41. The maximum Gasteiger partial charge on any atom is 0.414 e. The van der Waals surface area contributed by atoms with Crippen LogP contribution in [0.4, 0.5) is 9.93 Å². The number of halogens is 1. The third-order valence-corrected chi connectivity index (χ3v) is 10.1. The van der Waals surface area contributed by atoms with Crippen LogP contribution in [0.2, 0.25) is 0 Å². The quantitative estimate of drug-likeness (QED) is 0.0620. The third-order valence-electron chi connectivity index (χ3n) is 8.15. The number of amides is 3. The van der Waals surface area contributed by atoms with Gasteiger partial charge in [-0.25, -0.2) is 14.2 Å². The molecule has 2 aliphatic heterocycles. The summed E-state index contributed by atoms with van der Waals surface area (Å²) >= 11 is 2.21. The van der Waals surface area contributed by atoms with Crippen molar-refractivity contribution in [2.24, 2.45) is 5.16 Å². The normalized spacial score (nSPS) is 16.8. The summed E-state index contributed by atoms with van der Waals surface area (Å²) in [6.07, 6.45) is 2.89. The van der Waals surface area contributed by atoms with E-state index in [9.17, 15) is 19.2 Å². The van der Waals surface area contributed by atoms with E-state index in [2.05, 4.69) is 30.1 Å². The number of β-lactam (4-membered cyclic amide) rings is 1. The van der Waals surface area contributed by atoms with Crippen LogP contribution in [0.3, 0.4) is 0 Å². The smallest absolute Gasteiger partial charge is 0.414 e. The van der Waals surface area contributed by atoms with Gasteiger partial charge in [-0.2, -0.15) is 9.36 Å². The van der Waals surface area contributed by atoms with E-state index in [1.807, 2.05) is 34.4 Å². The molecule has 292 valence electrons. The lowest BCUT2D eigenvalue weighted by atomic mass is 10.0. The first-order valence-corrected chi connectivity index (χ1v) is 18.9. The fourth-order valence-corrected chi connectivity index (χ4v) is 7.57. The van der Waals surface area contributed by atoms with Crippen LogP contribution >= 0.6 is 23.3 Å². The van der Waals surface area contributed by atoms with Gasteiger partial charge in [0.1, 0.15) is 53.7 Å². The van der Waals surface area contributed by atoms with Crippen LogP contribution in [0.25, 0.3) is 11.2 Å². The van der Waals surface area contributed by atoms with E-state index in [0.717, 1.165) is 34.8 Å². The number of hydrogen-bond donors (Lipinski definition) is 2. The van der Waals surface area contributed by atoms with Crippen LogP contribution in [0.1, 0.15) is 46.0 Å². The fraction of sp³-hybridized carbons (Fsp3) is 0.400. The molecule has 2 unspecified atom stereocenters. The van der Waals surface area contributed by atoms with Gasteiger partial charge in [-0.1, -0.05) is 17.3 Å². The SMILES string of the molecule is CCO/N=C(\C(=O)NC1C(=O)N2C(C(=O)OCc3ccc(OC)cc3)=C(C[n+]3cccc4c3ncn4CC)CSC12)c1nsc(NC(=O)OC(C)(C)C)n1.[Br-]. The predicted molar refractivity (Wildman–Crippen MR) is 198 cm³/mol. The van der Waals surface area contributed by atoms with E-state index in [-0.39, 0.29) is 59.1 Å². The molecule has 0 bridgehead atoms. The lowest BCUT2D eigenvalue weighted by molar-refractivity contribution is -0.664. The van der Waals surface area contributed by atoms with Gasteiger partial charge < -0.3 is 45.9 Å². The minimum Gasteiger partial charge on any atom is -1.00 e. The number of fused-ring (bicyclic) bond motifs is 2. The van der Waals surface area contributed by atoms with Gasteiger partial charge in [0.25, 0.3) is 11.8 Å². The summed E-state index contributed by atoms with van der Waals surface area (Å²) in [4.78, 5) is 69.1. The highest BCUT2D eigenvalue weighted by Gasteiger charge is 2.55. The Balaban J connectivity index is 0.00000580. The van der Waals surface area contributed by atoms with Crippen molar-refractivity contribution in [2.45, 2.75) is 71.3 Å². The van der Waals surface area contributed by atoms with Crippen LogP contribution in [-0.2, 0) is 48.4 Å². The molecule has 17 nitrogen and oxygen atoms in total. The Morgan fingerprint density at radius 3 is 2.58 bits per heavy atom. The van der Waals surface area contributed by atoms with E-state index in [4.69, 9.17) is 19.0 Å². The number of nitrogens with zero attached hydrogens (tertiary/aromatic N) is 7. The number of carbonyl (C=O) groups is 4. The van der Waals surface area contributed by atoms with Crippen LogP contribution in [0, 0.1) is 0 Å². The van der Waals surface area contributed by atoms with E-state index >= 15 is 0 Å². The highest BCUT2D eigenvalue weighted by atomic mass is 79.9. The number of esters is 1. The molecule has 4 aromatic rings. The summed E-state index contributed by atoms with van der Waals surface area (Å²) in [6.45, 7) is 9.97. The van der Waals surface area contributed by atoms with Gasteiger partial charge in [-0.3, -0.25) is 19.8 Å². The van der Waals surface area contributed by atoms with Gasteiger partial charge in [0.2, 0.25) is 23.0 Å².